The highest BCUT2D eigenvalue weighted by Gasteiger charge is 2.29. The molecule has 0 saturated carbocycles. The standard InChI is InChI=1S/C13H19FN2O4S/c1-3-8-16(9-12(17)20-4-2)21(18,19)11-7-5-6-10(14)13(11)15/h5-7H,3-4,8-9,15H2,1-2H3. The van der Waals surface area contributed by atoms with Gasteiger partial charge in [0, 0.05) is 6.54 Å². The van der Waals surface area contributed by atoms with Crippen LogP contribution in [0.2, 0.25) is 0 Å². The van der Waals surface area contributed by atoms with Gasteiger partial charge in [-0.25, -0.2) is 12.8 Å². The van der Waals surface area contributed by atoms with Crippen LogP contribution >= 0.6 is 0 Å². The van der Waals surface area contributed by atoms with E-state index in [1.54, 1.807) is 13.8 Å². The second-order valence-electron chi connectivity index (χ2n) is 4.30. The van der Waals surface area contributed by atoms with Crippen LogP contribution in [0, 0.1) is 5.82 Å². The first-order valence-corrected chi connectivity index (χ1v) is 7.98. The number of carbonyl (C=O) groups is 1. The Kier molecular flexibility index (Phi) is 6.10. The van der Waals surface area contributed by atoms with Crippen molar-refractivity contribution in [3.63, 3.8) is 0 Å². The molecule has 0 fully saturated rings. The van der Waals surface area contributed by atoms with E-state index in [2.05, 4.69) is 0 Å². The largest absolute Gasteiger partial charge is 0.465 e. The Balaban J connectivity index is 3.15. The molecule has 0 amide bonds. The number of esters is 1. The lowest BCUT2D eigenvalue weighted by Crippen LogP contribution is -2.37. The van der Waals surface area contributed by atoms with Crippen molar-refractivity contribution in [1.82, 2.24) is 4.31 Å². The summed E-state index contributed by atoms with van der Waals surface area (Å²) in [6, 6.07) is 3.54. The Hall–Kier alpha value is -1.67. The molecule has 1 rings (SSSR count). The van der Waals surface area contributed by atoms with Crippen LogP contribution in [0.4, 0.5) is 10.1 Å². The minimum Gasteiger partial charge on any atom is -0.465 e. The van der Waals surface area contributed by atoms with Gasteiger partial charge in [-0.2, -0.15) is 4.31 Å². The Bertz CT molecular complexity index is 604. The summed E-state index contributed by atoms with van der Waals surface area (Å²) in [5.41, 5.74) is 5.04. The van der Waals surface area contributed by atoms with Gasteiger partial charge < -0.3 is 10.5 Å². The van der Waals surface area contributed by atoms with E-state index in [1.165, 1.54) is 12.1 Å². The highest BCUT2D eigenvalue weighted by molar-refractivity contribution is 7.89. The number of ether oxygens (including phenoxy) is 1. The molecule has 0 radical (unpaired) electrons. The van der Waals surface area contributed by atoms with Crippen molar-refractivity contribution < 1.29 is 22.3 Å². The van der Waals surface area contributed by atoms with Gasteiger partial charge in [0.1, 0.15) is 17.3 Å². The highest BCUT2D eigenvalue weighted by Crippen LogP contribution is 2.24. The average Bonchev–Trinajstić information content (AvgIpc) is 2.41. The second-order valence-corrected chi connectivity index (χ2v) is 6.20. The molecule has 21 heavy (non-hydrogen) atoms. The van der Waals surface area contributed by atoms with Crippen molar-refractivity contribution in [2.75, 3.05) is 25.4 Å². The van der Waals surface area contributed by atoms with E-state index in [-0.39, 0.29) is 18.0 Å². The summed E-state index contributed by atoms with van der Waals surface area (Å²) in [5, 5.41) is 0. The van der Waals surface area contributed by atoms with Crippen molar-refractivity contribution in [2.45, 2.75) is 25.2 Å². The topological polar surface area (TPSA) is 89.7 Å². The molecule has 1 aromatic rings. The monoisotopic (exact) mass is 318 g/mol. The van der Waals surface area contributed by atoms with E-state index in [1.807, 2.05) is 0 Å². The molecule has 0 spiro atoms. The molecule has 8 heteroatoms. The van der Waals surface area contributed by atoms with Crippen molar-refractivity contribution in [3.8, 4) is 0 Å². The van der Waals surface area contributed by atoms with E-state index in [0.717, 1.165) is 10.4 Å². The fourth-order valence-corrected chi connectivity index (χ4v) is 3.37. The van der Waals surface area contributed by atoms with Crippen LogP contribution in [-0.2, 0) is 19.6 Å². The molecular formula is C13H19FN2O4S. The van der Waals surface area contributed by atoms with Gasteiger partial charge in [0.2, 0.25) is 10.0 Å². The molecule has 0 atom stereocenters. The van der Waals surface area contributed by atoms with Crippen molar-refractivity contribution in [3.05, 3.63) is 24.0 Å². The summed E-state index contributed by atoms with van der Waals surface area (Å²) in [7, 11) is -4.06. The van der Waals surface area contributed by atoms with Gasteiger partial charge in [-0.3, -0.25) is 4.79 Å². The number of rotatable bonds is 7. The predicted molar refractivity (Wildman–Crippen MR) is 76.5 cm³/mol. The lowest BCUT2D eigenvalue weighted by molar-refractivity contribution is -0.143. The van der Waals surface area contributed by atoms with E-state index in [0.29, 0.717) is 6.42 Å². The molecule has 0 unspecified atom stereocenters. The maximum atomic E-state index is 13.4. The lowest BCUT2D eigenvalue weighted by atomic mass is 10.3. The fraction of sp³-hybridized carbons (Fsp3) is 0.462. The molecule has 0 bridgehead atoms. The van der Waals surface area contributed by atoms with Crippen LogP contribution < -0.4 is 5.73 Å². The molecule has 1 aromatic carbocycles. The molecule has 2 N–H and O–H groups in total. The quantitative estimate of drug-likeness (QED) is 0.606. The van der Waals surface area contributed by atoms with Crippen LogP contribution in [0.15, 0.2) is 23.1 Å². The van der Waals surface area contributed by atoms with Crippen LogP contribution in [0.1, 0.15) is 20.3 Å². The van der Waals surface area contributed by atoms with E-state index in [9.17, 15) is 17.6 Å². The molecule has 6 nitrogen and oxygen atoms in total. The molecule has 0 aromatic heterocycles. The Morgan fingerprint density at radius 1 is 1.38 bits per heavy atom. The fourth-order valence-electron chi connectivity index (χ4n) is 1.77. The van der Waals surface area contributed by atoms with Gasteiger partial charge in [0.15, 0.2) is 0 Å². The van der Waals surface area contributed by atoms with Crippen molar-refractivity contribution in [1.29, 1.82) is 0 Å². The molecule has 0 aliphatic carbocycles. The third kappa shape index (κ3) is 4.15. The maximum absolute atomic E-state index is 13.4. The number of anilines is 1. The Morgan fingerprint density at radius 3 is 2.62 bits per heavy atom. The Morgan fingerprint density at radius 2 is 2.05 bits per heavy atom. The zero-order chi connectivity index (χ0) is 16.0. The lowest BCUT2D eigenvalue weighted by Gasteiger charge is -2.21. The maximum Gasteiger partial charge on any atom is 0.321 e. The third-order valence-corrected chi connectivity index (χ3v) is 4.62. The summed E-state index contributed by atoms with van der Waals surface area (Å²) in [4.78, 5) is 11.2. The number of halogens is 1. The number of carbonyl (C=O) groups excluding carboxylic acids is 1. The van der Waals surface area contributed by atoms with E-state index >= 15 is 0 Å². The Labute approximate surface area is 123 Å². The predicted octanol–water partition coefficient (Wildman–Crippen LogP) is 1.37. The van der Waals surface area contributed by atoms with Crippen molar-refractivity contribution >= 4 is 21.7 Å². The van der Waals surface area contributed by atoms with E-state index < -0.39 is 34.0 Å². The molecule has 0 heterocycles. The summed E-state index contributed by atoms with van der Waals surface area (Å²) in [5.74, 6) is -1.48. The van der Waals surface area contributed by atoms with Gasteiger partial charge >= 0.3 is 5.97 Å². The number of nitrogen functional groups attached to an aromatic ring is 1. The second kappa shape index (κ2) is 7.37. The van der Waals surface area contributed by atoms with Crippen LogP contribution in [0.5, 0.6) is 0 Å². The van der Waals surface area contributed by atoms with Gasteiger partial charge in [0.25, 0.3) is 0 Å². The normalized spacial score (nSPS) is 11.6. The van der Waals surface area contributed by atoms with Gasteiger partial charge in [-0.1, -0.05) is 13.0 Å². The van der Waals surface area contributed by atoms with Crippen LogP contribution in [0.3, 0.4) is 0 Å². The first-order chi connectivity index (χ1) is 9.84. The minimum atomic E-state index is -4.06. The number of para-hydroxylation sites is 1. The van der Waals surface area contributed by atoms with Crippen LogP contribution in [-0.4, -0.2) is 38.4 Å². The SMILES string of the molecule is CCCN(CC(=O)OCC)S(=O)(=O)c1cccc(F)c1N. The molecule has 0 saturated heterocycles. The molecule has 0 aliphatic rings. The van der Waals surface area contributed by atoms with Crippen LogP contribution in [0.25, 0.3) is 0 Å². The minimum absolute atomic E-state index is 0.108. The van der Waals surface area contributed by atoms with Crippen molar-refractivity contribution in [2.24, 2.45) is 0 Å². The third-order valence-electron chi connectivity index (χ3n) is 2.71. The number of hydrogen-bond acceptors (Lipinski definition) is 5. The summed E-state index contributed by atoms with van der Waals surface area (Å²) in [6.07, 6.45) is 0.494. The summed E-state index contributed by atoms with van der Waals surface area (Å²) in [6.45, 7) is 3.22. The number of nitrogens with zero attached hydrogens (tertiary/aromatic N) is 1. The smallest absolute Gasteiger partial charge is 0.321 e. The summed E-state index contributed by atoms with van der Waals surface area (Å²) >= 11 is 0. The molecular weight excluding hydrogens is 299 g/mol. The zero-order valence-electron chi connectivity index (χ0n) is 12.0. The average molecular weight is 318 g/mol. The number of sulfonamides is 1. The molecule has 118 valence electrons. The number of benzene rings is 1. The van der Waals surface area contributed by atoms with Gasteiger partial charge in [0.05, 0.1) is 12.3 Å². The van der Waals surface area contributed by atoms with E-state index in [4.69, 9.17) is 10.5 Å². The van der Waals surface area contributed by atoms with Gasteiger partial charge in [-0.05, 0) is 25.5 Å². The highest BCUT2D eigenvalue weighted by atomic mass is 32.2. The number of hydrogen-bond donors (Lipinski definition) is 1. The first-order valence-electron chi connectivity index (χ1n) is 6.54. The van der Waals surface area contributed by atoms with Gasteiger partial charge in [-0.15, -0.1) is 0 Å². The first kappa shape index (κ1) is 17.4. The number of nitrogens with two attached hydrogens (primary N) is 1. The zero-order valence-corrected chi connectivity index (χ0v) is 12.8. The molecule has 0 aliphatic heterocycles. The summed E-state index contributed by atoms with van der Waals surface area (Å²) < 4.78 is 44.1.